The predicted molar refractivity (Wildman–Crippen MR) is 84.2 cm³/mol. The Hall–Kier alpha value is -1.91. The molecule has 0 aromatic carbocycles. The fraction of sp³-hybridized carbons (Fsp3) is 0.611. The molecule has 0 bridgehead atoms. The molecular formula is C18H24O5. The zero-order valence-corrected chi connectivity index (χ0v) is 14.4. The van der Waals surface area contributed by atoms with Gasteiger partial charge in [0.25, 0.3) is 0 Å². The van der Waals surface area contributed by atoms with Gasteiger partial charge in [-0.1, -0.05) is 13.8 Å². The molecule has 0 aliphatic heterocycles. The minimum absolute atomic E-state index is 0.0976. The van der Waals surface area contributed by atoms with E-state index in [1.54, 1.807) is 6.08 Å². The molecule has 0 aromatic heterocycles. The lowest BCUT2D eigenvalue weighted by atomic mass is 9.59. The van der Waals surface area contributed by atoms with E-state index in [-0.39, 0.29) is 23.3 Å². The van der Waals surface area contributed by atoms with Gasteiger partial charge < -0.3 is 9.47 Å². The number of carbonyl (C=O) groups excluding carboxylic acids is 3. The molecule has 23 heavy (non-hydrogen) atoms. The molecule has 2 rings (SSSR count). The van der Waals surface area contributed by atoms with E-state index in [2.05, 4.69) is 13.8 Å². The Morgan fingerprint density at radius 2 is 1.78 bits per heavy atom. The topological polar surface area (TPSA) is 69.7 Å². The number of esters is 2. The molecule has 0 radical (unpaired) electrons. The summed E-state index contributed by atoms with van der Waals surface area (Å²) in [6.45, 7) is 8.42. The molecule has 1 saturated carbocycles. The van der Waals surface area contributed by atoms with Crippen LogP contribution in [0.1, 0.15) is 53.9 Å². The van der Waals surface area contributed by atoms with Gasteiger partial charge in [-0.05, 0) is 49.2 Å². The summed E-state index contributed by atoms with van der Waals surface area (Å²) < 4.78 is 10.7. The van der Waals surface area contributed by atoms with Crippen molar-refractivity contribution >= 4 is 17.7 Å². The van der Waals surface area contributed by atoms with E-state index >= 15 is 0 Å². The summed E-state index contributed by atoms with van der Waals surface area (Å²) in [7, 11) is 0. The average molecular weight is 320 g/mol. The van der Waals surface area contributed by atoms with Crippen LogP contribution >= 0.6 is 0 Å². The number of allylic oxidation sites excluding steroid dienone is 2. The minimum atomic E-state index is -0.466. The first-order valence-electron chi connectivity index (χ1n) is 7.97. The van der Waals surface area contributed by atoms with Crippen molar-refractivity contribution in [1.29, 1.82) is 0 Å². The Balaban J connectivity index is 2.52. The fourth-order valence-corrected chi connectivity index (χ4v) is 3.61. The Kier molecular flexibility index (Phi) is 4.78. The van der Waals surface area contributed by atoms with Gasteiger partial charge in [-0.3, -0.25) is 14.4 Å². The molecule has 0 unspecified atom stereocenters. The zero-order chi connectivity index (χ0) is 17.4. The van der Waals surface area contributed by atoms with Crippen LogP contribution in [-0.4, -0.2) is 23.8 Å². The van der Waals surface area contributed by atoms with Gasteiger partial charge >= 0.3 is 11.9 Å². The molecule has 3 atom stereocenters. The van der Waals surface area contributed by atoms with E-state index < -0.39 is 5.97 Å². The molecule has 1 fully saturated rings. The normalized spacial score (nSPS) is 30.2. The number of rotatable bonds is 3. The molecule has 2 aliphatic rings. The number of carbonyl (C=O) groups is 3. The first-order valence-corrected chi connectivity index (χ1v) is 7.97. The van der Waals surface area contributed by atoms with Gasteiger partial charge in [-0.15, -0.1) is 0 Å². The maximum absolute atomic E-state index is 12.0. The van der Waals surface area contributed by atoms with Gasteiger partial charge in [0.15, 0.2) is 5.78 Å². The van der Waals surface area contributed by atoms with Gasteiger partial charge in [-0.25, -0.2) is 0 Å². The van der Waals surface area contributed by atoms with Gasteiger partial charge in [0.05, 0.1) is 0 Å². The molecule has 126 valence electrons. The second-order valence-electron chi connectivity index (χ2n) is 6.76. The molecule has 0 heterocycles. The summed E-state index contributed by atoms with van der Waals surface area (Å²) in [5.41, 5.74) is 1.19. The van der Waals surface area contributed by atoms with Crippen molar-refractivity contribution in [2.24, 2.45) is 11.3 Å². The monoisotopic (exact) mass is 320 g/mol. The summed E-state index contributed by atoms with van der Waals surface area (Å²) in [6, 6.07) is 0. The number of fused-ring (bicyclic) bond motifs is 1. The van der Waals surface area contributed by atoms with Crippen LogP contribution in [0, 0.1) is 11.3 Å². The van der Waals surface area contributed by atoms with Crippen molar-refractivity contribution < 1.29 is 23.9 Å². The Morgan fingerprint density at radius 1 is 1.13 bits per heavy atom. The summed E-state index contributed by atoms with van der Waals surface area (Å²) in [4.78, 5) is 34.8. The number of ketones is 1. The van der Waals surface area contributed by atoms with E-state index in [4.69, 9.17) is 9.47 Å². The summed E-state index contributed by atoms with van der Waals surface area (Å²) in [6.07, 6.45) is 3.57. The SMILES string of the molecule is CC(=O)OC1=C(C(C)=O)C[C@@]2(C)C(=C1)[C@H](OC(C)=O)CC[C@@H]2C. The third kappa shape index (κ3) is 3.38. The number of hydrogen-bond donors (Lipinski definition) is 0. The third-order valence-corrected chi connectivity index (χ3v) is 5.07. The molecule has 0 saturated heterocycles. The highest BCUT2D eigenvalue weighted by atomic mass is 16.5. The second-order valence-corrected chi connectivity index (χ2v) is 6.76. The quantitative estimate of drug-likeness (QED) is 0.747. The van der Waals surface area contributed by atoms with Crippen LogP contribution in [-0.2, 0) is 23.9 Å². The van der Waals surface area contributed by atoms with E-state index in [1.165, 1.54) is 20.8 Å². The van der Waals surface area contributed by atoms with Crippen molar-refractivity contribution in [1.82, 2.24) is 0 Å². The molecular weight excluding hydrogens is 296 g/mol. The second kappa shape index (κ2) is 6.30. The zero-order valence-electron chi connectivity index (χ0n) is 14.4. The Morgan fingerprint density at radius 3 is 2.30 bits per heavy atom. The summed E-state index contributed by atoms with van der Waals surface area (Å²) in [5.74, 6) is -0.257. The molecule has 2 aliphatic carbocycles. The molecule has 0 aromatic rings. The van der Waals surface area contributed by atoms with Crippen LogP contribution in [0.4, 0.5) is 0 Å². The minimum Gasteiger partial charge on any atom is -0.458 e. The predicted octanol–water partition coefficient (Wildman–Crippen LogP) is 3.09. The molecule has 5 heteroatoms. The van der Waals surface area contributed by atoms with E-state index in [0.717, 1.165) is 18.4 Å². The van der Waals surface area contributed by atoms with Gasteiger partial charge in [-0.2, -0.15) is 0 Å². The first kappa shape index (κ1) is 17.4. The summed E-state index contributed by atoms with van der Waals surface area (Å²) >= 11 is 0. The van der Waals surface area contributed by atoms with Crippen LogP contribution in [0.3, 0.4) is 0 Å². The third-order valence-electron chi connectivity index (χ3n) is 5.07. The molecule has 0 spiro atoms. The van der Waals surface area contributed by atoms with Crippen LogP contribution in [0.2, 0.25) is 0 Å². The van der Waals surface area contributed by atoms with E-state index in [0.29, 0.717) is 23.7 Å². The standard InChI is InChI=1S/C18H24O5/c1-10-6-7-16(22-12(3)20)15-8-17(23-13(4)21)14(11(2)19)9-18(10,15)5/h8,10,16H,6-7,9H2,1-5H3/t10-,16+,18+/m0/s1. The molecule has 5 nitrogen and oxygen atoms in total. The highest BCUT2D eigenvalue weighted by Crippen LogP contribution is 2.52. The van der Waals surface area contributed by atoms with Gasteiger partial charge in [0.1, 0.15) is 11.9 Å². The Bertz CT molecular complexity index is 613. The van der Waals surface area contributed by atoms with Crippen molar-refractivity contribution in [3.63, 3.8) is 0 Å². The average Bonchev–Trinajstić information content (AvgIpc) is 2.42. The lowest BCUT2D eigenvalue weighted by Gasteiger charge is -2.47. The van der Waals surface area contributed by atoms with Crippen LogP contribution in [0.15, 0.2) is 23.0 Å². The maximum atomic E-state index is 12.0. The smallest absolute Gasteiger partial charge is 0.308 e. The maximum Gasteiger partial charge on any atom is 0.308 e. The largest absolute Gasteiger partial charge is 0.458 e. The number of hydrogen-bond acceptors (Lipinski definition) is 5. The highest BCUT2D eigenvalue weighted by molar-refractivity contribution is 5.95. The molecule has 0 amide bonds. The first-order chi connectivity index (χ1) is 10.6. The fourth-order valence-electron chi connectivity index (χ4n) is 3.61. The van der Waals surface area contributed by atoms with Crippen molar-refractivity contribution in [3.05, 3.63) is 23.0 Å². The van der Waals surface area contributed by atoms with Crippen LogP contribution < -0.4 is 0 Å². The van der Waals surface area contributed by atoms with Crippen molar-refractivity contribution in [2.75, 3.05) is 0 Å². The van der Waals surface area contributed by atoms with Gasteiger partial charge in [0, 0.05) is 19.4 Å². The van der Waals surface area contributed by atoms with E-state index in [9.17, 15) is 14.4 Å². The summed E-state index contributed by atoms with van der Waals surface area (Å²) in [5, 5.41) is 0. The van der Waals surface area contributed by atoms with E-state index in [1.807, 2.05) is 0 Å². The van der Waals surface area contributed by atoms with Crippen LogP contribution in [0.5, 0.6) is 0 Å². The van der Waals surface area contributed by atoms with Crippen molar-refractivity contribution in [2.45, 2.75) is 60.0 Å². The number of Topliss-reactive ketones (excluding diaryl/α,β-unsaturated/α-hetero) is 1. The van der Waals surface area contributed by atoms with Gasteiger partial charge in [0.2, 0.25) is 0 Å². The Labute approximate surface area is 136 Å². The molecule has 0 N–H and O–H groups in total. The lowest BCUT2D eigenvalue weighted by molar-refractivity contribution is -0.147. The lowest BCUT2D eigenvalue weighted by Crippen LogP contribution is -2.42. The number of ether oxygens (including phenoxy) is 2. The van der Waals surface area contributed by atoms with Crippen LogP contribution in [0.25, 0.3) is 0 Å². The van der Waals surface area contributed by atoms with Crippen molar-refractivity contribution in [3.8, 4) is 0 Å². The highest BCUT2D eigenvalue weighted by Gasteiger charge is 2.47.